The molecule has 4 rings (SSSR count). The molecule has 3 heteroatoms. The van der Waals surface area contributed by atoms with Gasteiger partial charge in [0.15, 0.2) is 0 Å². The van der Waals surface area contributed by atoms with E-state index in [4.69, 9.17) is 0 Å². The molecule has 1 fully saturated rings. The van der Waals surface area contributed by atoms with Crippen LogP contribution in [0.1, 0.15) is 48.8 Å². The Hall–Kier alpha value is -1.64. The van der Waals surface area contributed by atoms with E-state index >= 15 is 0 Å². The second kappa shape index (κ2) is 3.94. The molecule has 18 heavy (non-hydrogen) atoms. The lowest BCUT2D eigenvalue weighted by Crippen LogP contribution is -2.15. The van der Waals surface area contributed by atoms with Crippen LogP contribution in [0, 0.1) is 0 Å². The molecule has 0 radical (unpaired) electrons. The van der Waals surface area contributed by atoms with E-state index in [1.807, 2.05) is 0 Å². The topological polar surface area (TPSA) is 30.7 Å². The highest BCUT2D eigenvalue weighted by Gasteiger charge is 2.27. The van der Waals surface area contributed by atoms with Crippen LogP contribution >= 0.6 is 0 Å². The highest BCUT2D eigenvalue weighted by molar-refractivity contribution is 5.45. The second-order valence-corrected chi connectivity index (χ2v) is 5.42. The number of benzene rings is 1. The van der Waals surface area contributed by atoms with E-state index in [9.17, 15) is 0 Å². The molecule has 92 valence electrons. The maximum Gasteiger partial charge on any atom is 0.140 e. The van der Waals surface area contributed by atoms with Crippen LogP contribution in [0.4, 0.5) is 0 Å². The van der Waals surface area contributed by atoms with Crippen molar-refractivity contribution in [1.82, 2.24) is 14.8 Å². The third-order valence-electron chi connectivity index (χ3n) is 4.33. The van der Waals surface area contributed by atoms with E-state index in [1.54, 1.807) is 0 Å². The lowest BCUT2D eigenvalue weighted by molar-refractivity contribution is 0.638. The van der Waals surface area contributed by atoms with Crippen LogP contribution in [0.3, 0.4) is 0 Å². The summed E-state index contributed by atoms with van der Waals surface area (Å²) in [6, 6.07) is 8.69. The zero-order valence-electron chi connectivity index (χ0n) is 10.5. The number of rotatable bonds is 1. The van der Waals surface area contributed by atoms with Gasteiger partial charge in [-0.15, -0.1) is 10.2 Å². The summed E-state index contributed by atoms with van der Waals surface area (Å²) in [4.78, 5) is 0. The van der Waals surface area contributed by atoms with Crippen molar-refractivity contribution in [2.45, 2.75) is 44.4 Å². The van der Waals surface area contributed by atoms with Gasteiger partial charge in [-0.3, -0.25) is 4.57 Å². The third kappa shape index (κ3) is 1.43. The molecule has 1 aliphatic heterocycles. The van der Waals surface area contributed by atoms with Gasteiger partial charge < -0.3 is 0 Å². The van der Waals surface area contributed by atoms with Crippen LogP contribution in [0.2, 0.25) is 0 Å². The Morgan fingerprint density at radius 3 is 2.72 bits per heavy atom. The zero-order valence-corrected chi connectivity index (χ0v) is 10.5. The molecule has 0 N–H and O–H groups in total. The minimum atomic E-state index is 0.623. The standard InChI is InChI=1S/C15H17N3/c1-2-7-12(6-1)15-17-16-14-10-9-11-5-3-4-8-13(11)18(14)15/h3-5,8,12H,1-2,6-7,9-10H2. The Morgan fingerprint density at radius 1 is 1.00 bits per heavy atom. The summed E-state index contributed by atoms with van der Waals surface area (Å²) in [5, 5.41) is 8.90. The van der Waals surface area contributed by atoms with E-state index < -0.39 is 0 Å². The highest BCUT2D eigenvalue weighted by Crippen LogP contribution is 2.36. The largest absolute Gasteiger partial charge is 0.282 e. The predicted molar refractivity (Wildman–Crippen MR) is 70.0 cm³/mol. The van der Waals surface area contributed by atoms with Gasteiger partial charge in [-0.05, 0) is 30.9 Å². The number of nitrogens with zero attached hydrogens (tertiary/aromatic N) is 3. The first-order chi connectivity index (χ1) is 8.93. The SMILES string of the molecule is c1ccc2c(c1)CCc1nnc(C3CCCC3)n1-2. The summed E-state index contributed by atoms with van der Waals surface area (Å²) < 4.78 is 2.33. The molecule has 0 unspecified atom stereocenters. The van der Waals surface area contributed by atoms with Gasteiger partial charge in [0.05, 0.1) is 5.69 Å². The van der Waals surface area contributed by atoms with Crippen molar-refractivity contribution in [2.24, 2.45) is 0 Å². The van der Waals surface area contributed by atoms with Gasteiger partial charge in [0, 0.05) is 12.3 Å². The van der Waals surface area contributed by atoms with E-state index in [-0.39, 0.29) is 0 Å². The number of para-hydroxylation sites is 1. The fourth-order valence-corrected chi connectivity index (χ4v) is 3.39. The summed E-state index contributed by atoms with van der Waals surface area (Å²) in [7, 11) is 0. The first-order valence-electron chi connectivity index (χ1n) is 6.96. The maximum absolute atomic E-state index is 4.49. The molecule has 1 aromatic heterocycles. The molecule has 0 spiro atoms. The van der Waals surface area contributed by atoms with E-state index in [1.165, 1.54) is 42.8 Å². The molecule has 1 aliphatic carbocycles. The summed E-state index contributed by atoms with van der Waals surface area (Å²) in [5.41, 5.74) is 2.75. The Labute approximate surface area is 107 Å². The lowest BCUT2D eigenvalue weighted by Gasteiger charge is -2.20. The van der Waals surface area contributed by atoms with Crippen LogP contribution in [-0.2, 0) is 12.8 Å². The van der Waals surface area contributed by atoms with Gasteiger partial charge in [-0.25, -0.2) is 0 Å². The minimum absolute atomic E-state index is 0.623. The van der Waals surface area contributed by atoms with Crippen molar-refractivity contribution in [3.8, 4) is 5.69 Å². The first-order valence-corrected chi connectivity index (χ1v) is 6.96. The second-order valence-electron chi connectivity index (χ2n) is 5.42. The van der Waals surface area contributed by atoms with Crippen LogP contribution in [0.5, 0.6) is 0 Å². The van der Waals surface area contributed by atoms with Crippen LogP contribution < -0.4 is 0 Å². The summed E-state index contributed by atoms with van der Waals surface area (Å²) in [5.74, 6) is 2.97. The maximum atomic E-state index is 4.49. The minimum Gasteiger partial charge on any atom is -0.282 e. The molecule has 0 amide bonds. The van der Waals surface area contributed by atoms with Gasteiger partial charge in [-0.2, -0.15) is 0 Å². The average molecular weight is 239 g/mol. The molecule has 1 aromatic carbocycles. The van der Waals surface area contributed by atoms with E-state index in [2.05, 4.69) is 39.0 Å². The van der Waals surface area contributed by atoms with Gasteiger partial charge in [-0.1, -0.05) is 31.0 Å². The Morgan fingerprint density at radius 2 is 1.83 bits per heavy atom. The number of hydrogen-bond donors (Lipinski definition) is 0. The van der Waals surface area contributed by atoms with E-state index in [0.717, 1.165) is 18.7 Å². The molecular weight excluding hydrogens is 222 g/mol. The number of fused-ring (bicyclic) bond motifs is 3. The normalized spacial score (nSPS) is 18.7. The molecule has 0 bridgehead atoms. The molecule has 3 nitrogen and oxygen atoms in total. The monoisotopic (exact) mass is 239 g/mol. The van der Waals surface area contributed by atoms with Crippen molar-refractivity contribution in [1.29, 1.82) is 0 Å². The van der Waals surface area contributed by atoms with Crippen molar-refractivity contribution in [3.63, 3.8) is 0 Å². The van der Waals surface area contributed by atoms with Gasteiger partial charge in [0.2, 0.25) is 0 Å². The van der Waals surface area contributed by atoms with E-state index in [0.29, 0.717) is 5.92 Å². The lowest BCUT2D eigenvalue weighted by atomic mass is 10.0. The molecule has 0 atom stereocenters. The van der Waals surface area contributed by atoms with Gasteiger partial charge >= 0.3 is 0 Å². The van der Waals surface area contributed by atoms with Crippen molar-refractivity contribution in [2.75, 3.05) is 0 Å². The van der Waals surface area contributed by atoms with Crippen molar-refractivity contribution in [3.05, 3.63) is 41.5 Å². The Bertz CT molecular complexity index is 579. The fraction of sp³-hybridized carbons (Fsp3) is 0.467. The highest BCUT2D eigenvalue weighted by atomic mass is 15.3. The van der Waals surface area contributed by atoms with Crippen LogP contribution in [0.15, 0.2) is 24.3 Å². The third-order valence-corrected chi connectivity index (χ3v) is 4.33. The van der Waals surface area contributed by atoms with Gasteiger partial charge in [0.1, 0.15) is 11.6 Å². The summed E-state index contributed by atoms with van der Waals surface area (Å²) in [6.07, 6.45) is 7.36. The number of aryl methyl sites for hydroxylation is 2. The molecule has 2 heterocycles. The van der Waals surface area contributed by atoms with Crippen LogP contribution in [-0.4, -0.2) is 14.8 Å². The Balaban J connectivity index is 1.88. The Kier molecular flexibility index (Phi) is 2.25. The fourth-order valence-electron chi connectivity index (χ4n) is 3.39. The van der Waals surface area contributed by atoms with Crippen molar-refractivity contribution >= 4 is 0 Å². The molecule has 2 aromatic rings. The first kappa shape index (κ1) is 10.3. The average Bonchev–Trinajstić information content (AvgIpc) is 3.07. The molecular formula is C15H17N3. The molecule has 1 saturated carbocycles. The van der Waals surface area contributed by atoms with Gasteiger partial charge in [0.25, 0.3) is 0 Å². The molecule has 2 aliphatic rings. The number of hydrogen-bond acceptors (Lipinski definition) is 2. The zero-order chi connectivity index (χ0) is 11.9. The smallest absolute Gasteiger partial charge is 0.140 e. The summed E-state index contributed by atoms with van der Waals surface area (Å²) >= 11 is 0. The summed E-state index contributed by atoms with van der Waals surface area (Å²) in [6.45, 7) is 0. The predicted octanol–water partition coefficient (Wildman–Crippen LogP) is 3.02. The number of aromatic nitrogens is 3. The van der Waals surface area contributed by atoms with Crippen molar-refractivity contribution < 1.29 is 0 Å². The molecule has 0 saturated heterocycles. The van der Waals surface area contributed by atoms with Crippen LogP contribution in [0.25, 0.3) is 5.69 Å². The quantitative estimate of drug-likeness (QED) is 0.766.